The molecule has 0 aliphatic rings. The molecule has 2 amide bonds. The number of nitrogens with zero attached hydrogens (tertiary/aromatic N) is 1. The molecule has 0 fully saturated rings. The highest BCUT2D eigenvalue weighted by Gasteiger charge is 2.03. The fourth-order valence-electron chi connectivity index (χ4n) is 1.73. The van der Waals surface area contributed by atoms with Crippen molar-refractivity contribution < 1.29 is 9.63 Å². The van der Waals surface area contributed by atoms with Gasteiger partial charge < -0.3 is 5.32 Å². The van der Waals surface area contributed by atoms with Crippen molar-refractivity contribution in [2.45, 2.75) is 26.4 Å². The van der Waals surface area contributed by atoms with E-state index in [1.165, 1.54) is 0 Å². The lowest BCUT2D eigenvalue weighted by Gasteiger charge is -2.07. The van der Waals surface area contributed by atoms with Crippen LogP contribution in [0.4, 0.5) is 4.79 Å². The summed E-state index contributed by atoms with van der Waals surface area (Å²) >= 11 is 1.66. The monoisotopic (exact) mass is 305 g/mol. The topological polar surface area (TPSA) is 63.2 Å². The zero-order valence-electron chi connectivity index (χ0n) is 12.0. The molecular formula is C15H19N3O2S. The third-order valence-electron chi connectivity index (χ3n) is 2.81. The van der Waals surface area contributed by atoms with Crippen molar-refractivity contribution >= 4 is 17.4 Å². The van der Waals surface area contributed by atoms with Gasteiger partial charge in [-0.15, -0.1) is 11.3 Å². The number of hydroxylamine groups is 1. The second-order valence-electron chi connectivity index (χ2n) is 4.47. The number of hydrogen-bond acceptors (Lipinski definition) is 4. The number of hydrogen-bond donors (Lipinski definition) is 2. The number of benzene rings is 1. The number of rotatable bonds is 7. The van der Waals surface area contributed by atoms with Gasteiger partial charge in [0.2, 0.25) is 0 Å². The van der Waals surface area contributed by atoms with Crippen LogP contribution in [0.5, 0.6) is 0 Å². The standard InChI is InChI=1S/C15H19N3O2S/c1-2-14-17-13(11-21-14)8-9-16-15(19)18-20-10-12-6-4-3-5-7-12/h3-7,11H,2,8-10H2,1H3,(H2,16,18,19). The van der Waals surface area contributed by atoms with E-state index < -0.39 is 0 Å². The van der Waals surface area contributed by atoms with Gasteiger partial charge in [0, 0.05) is 18.3 Å². The van der Waals surface area contributed by atoms with E-state index in [1.54, 1.807) is 11.3 Å². The third-order valence-corrected chi connectivity index (χ3v) is 3.86. The molecule has 0 saturated carbocycles. The number of nitrogens with one attached hydrogen (secondary N) is 2. The quantitative estimate of drug-likeness (QED) is 0.773. The van der Waals surface area contributed by atoms with Gasteiger partial charge in [-0.2, -0.15) is 0 Å². The van der Waals surface area contributed by atoms with E-state index in [9.17, 15) is 4.79 Å². The maximum Gasteiger partial charge on any atom is 0.338 e. The normalized spacial score (nSPS) is 10.3. The van der Waals surface area contributed by atoms with Crippen molar-refractivity contribution in [1.82, 2.24) is 15.8 Å². The fourth-order valence-corrected chi connectivity index (χ4v) is 2.50. The Hall–Kier alpha value is -1.92. The van der Waals surface area contributed by atoms with Gasteiger partial charge in [0.15, 0.2) is 0 Å². The zero-order valence-corrected chi connectivity index (χ0v) is 12.8. The van der Waals surface area contributed by atoms with Crippen molar-refractivity contribution in [1.29, 1.82) is 0 Å². The first-order valence-corrected chi connectivity index (χ1v) is 7.78. The Morgan fingerprint density at radius 3 is 2.86 bits per heavy atom. The number of carbonyl (C=O) groups excluding carboxylic acids is 1. The van der Waals surface area contributed by atoms with Crippen LogP contribution >= 0.6 is 11.3 Å². The molecule has 0 aliphatic carbocycles. The summed E-state index contributed by atoms with van der Waals surface area (Å²) in [6.45, 7) is 2.96. The molecule has 0 spiro atoms. The van der Waals surface area contributed by atoms with Crippen LogP contribution in [0.25, 0.3) is 0 Å². The van der Waals surface area contributed by atoms with Crippen molar-refractivity contribution in [2.24, 2.45) is 0 Å². The van der Waals surface area contributed by atoms with Crippen molar-refractivity contribution in [3.05, 3.63) is 52.0 Å². The van der Waals surface area contributed by atoms with Crippen LogP contribution in [0, 0.1) is 0 Å². The summed E-state index contributed by atoms with van der Waals surface area (Å²) in [4.78, 5) is 21.1. The Morgan fingerprint density at radius 2 is 2.14 bits per heavy atom. The number of aryl methyl sites for hydroxylation is 1. The van der Waals surface area contributed by atoms with Crippen LogP contribution in [-0.4, -0.2) is 17.6 Å². The number of amides is 2. The average molecular weight is 305 g/mol. The molecule has 2 N–H and O–H groups in total. The van der Waals surface area contributed by atoms with Crippen LogP contribution in [0.3, 0.4) is 0 Å². The molecule has 21 heavy (non-hydrogen) atoms. The Labute approximate surface area is 128 Å². The second kappa shape index (κ2) is 8.39. The predicted molar refractivity (Wildman–Crippen MR) is 83.0 cm³/mol. The average Bonchev–Trinajstić information content (AvgIpc) is 2.96. The van der Waals surface area contributed by atoms with Gasteiger partial charge in [0.1, 0.15) is 0 Å². The highest BCUT2D eigenvalue weighted by molar-refractivity contribution is 7.09. The molecule has 2 aromatic rings. The minimum atomic E-state index is -0.336. The maximum atomic E-state index is 11.5. The molecule has 0 saturated heterocycles. The lowest BCUT2D eigenvalue weighted by molar-refractivity contribution is 0.0491. The first-order chi connectivity index (χ1) is 10.3. The van der Waals surface area contributed by atoms with Gasteiger partial charge in [0.05, 0.1) is 17.3 Å². The molecule has 0 aliphatic heterocycles. The molecule has 2 rings (SSSR count). The summed E-state index contributed by atoms with van der Waals surface area (Å²) in [7, 11) is 0. The Bertz CT molecular complexity index is 557. The molecule has 112 valence electrons. The predicted octanol–water partition coefficient (Wildman–Crippen LogP) is 2.68. The Morgan fingerprint density at radius 1 is 1.33 bits per heavy atom. The highest BCUT2D eigenvalue weighted by Crippen LogP contribution is 2.10. The number of thiazole rings is 1. The van der Waals surface area contributed by atoms with Crippen LogP contribution in [0.15, 0.2) is 35.7 Å². The van der Waals surface area contributed by atoms with Gasteiger partial charge in [-0.3, -0.25) is 4.84 Å². The van der Waals surface area contributed by atoms with Crippen molar-refractivity contribution in [2.75, 3.05) is 6.54 Å². The SMILES string of the molecule is CCc1nc(CCNC(=O)NOCc2ccccc2)cs1. The molecule has 0 atom stereocenters. The number of urea groups is 1. The Balaban J connectivity index is 1.59. The van der Waals surface area contributed by atoms with Crippen LogP contribution in [0.2, 0.25) is 0 Å². The minimum Gasteiger partial charge on any atom is -0.336 e. The first-order valence-electron chi connectivity index (χ1n) is 6.90. The van der Waals surface area contributed by atoms with E-state index in [4.69, 9.17) is 4.84 Å². The van der Waals surface area contributed by atoms with Gasteiger partial charge in [0.25, 0.3) is 0 Å². The Kier molecular flexibility index (Phi) is 6.18. The van der Waals surface area contributed by atoms with Crippen LogP contribution in [0.1, 0.15) is 23.2 Å². The van der Waals surface area contributed by atoms with Crippen molar-refractivity contribution in [3.8, 4) is 0 Å². The van der Waals surface area contributed by atoms with E-state index >= 15 is 0 Å². The minimum absolute atomic E-state index is 0.336. The fraction of sp³-hybridized carbons (Fsp3) is 0.333. The smallest absolute Gasteiger partial charge is 0.336 e. The van der Waals surface area contributed by atoms with Crippen molar-refractivity contribution in [3.63, 3.8) is 0 Å². The van der Waals surface area contributed by atoms with Gasteiger partial charge in [-0.05, 0) is 12.0 Å². The van der Waals surface area contributed by atoms with E-state index in [1.807, 2.05) is 35.7 Å². The molecular weight excluding hydrogens is 286 g/mol. The van der Waals surface area contributed by atoms with Crippen LogP contribution < -0.4 is 10.8 Å². The lowest BCUT2D eigenvalue weighted by atomic mass is 10.2. The first kappa shape index (κ1) is 15.5. The number of carbonyl (C=O) groups is 1. The molecule has 1 aromatic heterocycles. The summed E-state index contributed by atoms with van der Waals surface area (Å²) in [6.07, 6.45) is 1.68. The highest BCUT2D eigenvalue weighted by atomic mass is 32.1. The van der Waals surface area contributed by atoms with Gasteiger partial charge in [-0.25, -0.2) is 15.3 Å². The maximum absolute atomic E-state index is 11.5. The molecule has 6 heteroatoms. The van der Waals surface area contributed by atoms with Crippen LogP contribution in [-0.2, 0) is 24.3 Å². The molecule has 1 heterocycles. The molecule has 0 unspecified atom stereocenters. The summed E-state index contributed by atoms with van der Waals surface area (Å²) in [5.41, 5.74) is 4.39. The largest absolute Gasteiger partial charge is 0.338 e. The summed E-state index contributed by atoms with van der Waals surface area (Å²) in [5, 5.41) is 5.89. The second-order valence-corrected chi connectivity index (χ2v) is 5.41. The van der Waals surface area contributed by atoms with E-state index in [2.05, 4.69) is 22.7 Å². The lowest BCUT2D eigenvalue weighted by Crippen LogP contribution is -2.36. The molecule has 0 bridgehead atoms. The number of aromatic nitrogens is 1. The summed E-state index contributed by atoms with van der Waals surface area (Å²) in [5.74, 6) is 0. The van der Waals surface area contributed by atoms with Gasteiger partial charge >= 0.3 is 6.03 Å². The molecule has 0 radical (unpaired) electrons. The molecule has 5 nitrogen and oxygen atoms in total. The zero-order chi connectivity index (χ0) is 14.9. The van der Waals surface area contributed by atoms with Gasteiger partial charge in [-0.1, -0.05) is 37.3 Å². The third kappa shape index (κ3) is 5.53. The molecule has 1 aromatic carbocycles. The summed E-state index contributed by atoms with van der Waals surface area (Å²) in [6, 6.07) is 9.33. The summed E-state index contributed by atoms with van der Waals surface area (Å²) < 4.78 is 0. The van der Waals surface area contributed by atoms with E-state index in [-0.39, 0.29) is 6.03 Å². The van der Waals surface area contributed by atoms with E-state index in [0.717, 1.165) is 29.1 Å². The van der Waals surface area contributed by atoms with E-state index in [0.29, 0.717) is 13.2 Å².